The summed E-state index contributed by atoms with van der Waals surface area (Å²) in [5, 5.41) is 8.82. The van der Waals surface area contributed by atoms with Crippen LogP contribution >= 0.6 is 0 Å². The molecule has 1 saturated heterocycles. The average Bonchev–Trinajstić information content (AvgIpc) is 2.58. The molecule has 20 heavy (non-hydrogen) atoms. The molecule has 0 spiro atoms. The number of benzene rings is 1. The Labute approximate surface area is 117 Å². The number of hydrogen-bond acceptors (Lipinski definition) is 2. The predicted molar refractivity (Wildman–Crippen MR) is 71.2 cm³/mol. The van der Waals surface area contributed by atoms with E-state index in [1.807, 2.05) is 0 Å². The number of rotatable bonds is 4. The van der Waals surface area contributed by atoms with E-state index in [1.54, 1.807) is 0 Å². The molecule has 0 aromatic heterocycles. The zero-order chi connectivity index (χ0) is 14.5. The van der Waals surface area contributed by atoms with Crippen LogP contribution in [0, 0.1) is 17.6 Å². The van der Waals surface area contributed by atoms with Gasteiger partial charge in [0, 0.05) is 24.6 Å². The third-order valence-corrected chi connectivity index (χ3v) is 3.81. The van der Waals surface area contributed by atoms with Crippen LogP contribution in [-0.4, -0.2) is 29.1 Å². The van der Waals surface area contributed by atoms with Gasteiger partial charge in [0.1, 0.15) is 11.6 Å². The Bertz CT molecular complexity index is 479. The van der Waals surface area contributed by atoms with Gasteiger partial charge < -0.3 is 5.11 Å². The second kappa shape index (κ2) is 6.79. The molecule has 1 atom stereocenters. The standard InChI is InChI=1S/C15H19F2NO2/c16-13-4-3-12(14(17)9-13)10-18-6-1-2-11(5-7-18)8-15(19)20/h3-4,9,11H,1-2,5-8,10H2,(H,19,20)/t11-/m1/s1. The smallest absolute Gasteiger partial charge is 0.303 e. The lowest BCUT2D eigenvalue weighted by Gasteiger charge is -2.20. The second-order valence-electron chi connectivity index (χ2n) is 5.41. The molecule has 1 N–H and O–H groups in total. The molecule has 1 heterocycles. The van der Waals surface area contributed by atoms with E-state index in [9.17, 15) is 13.6 Å². The van der Waals surface area contributed by atoms with Crippen molar-refractivity contribution in [1.29, 1.82) is 0 Å². The molecule has 0 radical (unpaired) electrons. The van der Waals surface area contributed by atoms with Gasteiger partial charge in [0.25, 0.3) is 0 Å². The lowest BCUT2D eigenvalue weighted by atomic mass is 9.97. The highest BCUT2D eigenvalue weighted by Crippen LogP contribution is 2.22. The van der Waals surface area contributed by atoms with Gasteiger partial charge in [0.05, 0.1) is 0 Å². The molecule has 1 aliphatic rings. The van der Waals surface area contributed by atoms with Crippen LogP contribution in [0.25, 0.3) is 0 Å². The van der Waals surface area contributed by atoms with E-state index in [-0.39, 0.29) is 12.3 Å². The van der Waals surface area contributed by atoms with Gasteiger partial charge in [-0.2, -0.15) is 0 Å². The SMILES string of the molecule is O=C(O)C[C@@H]1CCCN(Cc2ccc(F)cc2F)CC1. The van der Waals surface area contributed by atoms with Crippen molar-refractivity contribution in [3.8, 4) is 0 Å². The van der Waals surface area contributed by atoms with Crippen LogP contribution in [0.1, 0.15) is 31.2 Å². The lowest BCUT2D eigenvalue weighted by molar-refractivity contribution is -0.138. The molecule has 0 amide bonds. The Morgan fingerprint density at radius 2 is 2.10 bits per heavy atom. The van der Waals surface area contributed by atoms with Crippen molar-refractivity contribution in [2.45, 2.75) is 32.2 Å². The fourth-order valence-electron chi connectivity index (χ4n) is 2.72. The molecule has 3 nitrogen and oxygen atoms in total. The topological polar surface area (TPSA) is 40.5 Å². The number of carboxylic acids is 1. The Balaban J connectivity index is 1.92. The summed E-state index contributed by atoms with van der Waals surface area (Å²) in [4.78, 5) is 12.8. The second-order valence-corrected chi connectivity index (χ2v) is 5.41. The molecule has 1 aliphatic heterocycles. The molecule has 110 valence electrons. The third kappa shape index (κ3) is 4.27. The molecular formula is C15H19F2NO2. The first kappa shape index (κ1) is 14.9. The molecule has 5 heteroatoms. The van der Waals surface area contributed by atoms with Crippen molar-refractivity contribution in [1.82, 2.24) is 4.90 Å². The van der Waals surface area contributed by atoms with Crippen molar-refractivity contribution >= 4 is 5.97 Å². The molecule has 0 aliphatic carbocycles. The van der Waals surface area contributed by atoms with Crippen molar-refractivity contribution in [2.24, 2.45) is 5.92 Å². The summed E-state index contributed by atoms with van der Waals surface area (Å²) in [7, 11) is 0. The first-order chi connectivity index (χ1) is 9.54. The van der Waals surface area contributed by atoms with Crippen LogP contribution in [0.15, 0.2) is 18.2 Å². The van der Waals surface area contributed by atoms with Crippen LogP contribution in [0.4, 0.5) is 8.78 Å². The molecule has 2 rings (SSSR count). The van der Waals surface area contributed by atoms with E-state index >= 15 is 0 Å². The zero-order valence-electron chi connectivity index (χ0n) is 11.3. The number of carboxylic acid groups (broad SMARTS) is 1. The van der Waals surface area contributed by atoms with E-state index in [4.69, 9.17) is 5.11 Å². The molecule has 1 aromatic rings. The first-order valence-corrected chi connectivity index (χ1v) is 6.92. The summed E-state index contributed by atoms with van der Waals surface area (Å²) >= 11 is 0. The Hall–Kier alpha value is -1.49. The maximum absolute atomic E-state index is 13.6. The molecule has 0 bridgehead atoms. The average molecular weight is 283 g/mol. The monoisotopic (exact) mass is 283 g/mol. The van der Waals surface area contributed by atoms with Gasteiger partial charge in [-0.25, -0.2) is 8.78 Å². The van der Waals surface area contributed by atoms with Crippen LogP contribution in [0.5, 0.6) is 0 Å². The minimum atomic E-state index is -0.756. The van der Waals surface area contributed by atoms with Gasteiger partial charge in [0.15, 0.2) is 0 Å². The third-order valence-electron chi connectivity index (χ3n) is 3.81. The zero-order valence-corrected chi connectivity index (χ0v) is 11.3. The van der Waals surface area contributed by atoms with Gasteiger partial charge in [0.2, 0.25) is 0 Å². The number of carbonyl (C=O) groups is 1. The highest BCUT2D eigenvalue weighted by molar-refractivity contribution is 5.67. The lowest BCUT2D eigenvalue weighted by Crippen LogP contribution is -2.25. The van der Waals surface area contributed by atoms with Crippen LogP contribution in [0.2, 0.25) is 0 Å². The largest absolute Gasteiger partial charge is 0.481 e. The van der Waals surface area contributed by atoms with E-state index in [0.717, 1.165) is 38.4 Å². The van der Waals surface area contributed by atoms with Gasteiger partial charge in [-0.15, -0.1) is 0 Å². The maximum Gasteiger partial charge on any atom is 0.303 e. The Kier molecular flexibility index (Phi) is 5.06. The number of aliphatic carboxylic acids is 1. The van der Waals surface area contributed by atoms with Crippen LogP contribution in [0.3, 0.4) is 0 Å². The first-order valence-electron chi connectivity index (χ1n) is 6.92. The maximum atomic E-state index is 13.6. The summed E-state index contributed by atoms with van der Waals surface area (Å²) in [6.07, 6.45) is 2.84. The van der Waals surface area contributed by atoms with Gasteiger partial charge in [-0.3, -0.25) is 9.69 Å². The normalized spacial score (nSPS) is 20.6. The number of halogens is 2. The van der Waals surface area contributed by atoms with Gasteiger partial charge in [-0.1, -0.05) is 6.07 Å². The minimum Gasteiger partial charge on any atom is -0.481 e. The van der Waals surface area contributed by atoms with Gasteiger partial charge in [-0.05, 0) is 44.3 Å². The summed E-state index contributed by atoms with van der Waals surface area (Å²) in [5.41, 5.74) is 0.489. The van der Waals surface area contributed by atoms with Crippen LogP contribution in [-0.2, 0) is 11.3 Å². The fraction of sp³-hybridized carbons (Fsp3) is 0.533. The molecular weight excluding hydrogens is 264 g/mol. The van der Waals surface area contributed by atoms with Crippen molar-refractivity contribution < 1.29 is 18.7 Å². The highest BCUT2D eigenvalue weighted by Gasteiger charge is 2.20. The number of hydrogen-bond donors (Lipinski definition) is 1. The van der Waals surface area contributed by atoms with Gasteiger partial charge >= 0.3 is 5.97 Å². The number of nitrogens with zero attached hydrogens (tertiary/aromatic N) is 1. The van der Waals surface area contributed by atoms with E-state index in [2.05, 4.69) is 4.90 Å². The summed E-state index contributed by atoms with van der Waals surface area (Å²) in [5.74, 6) is -1.64. The number of likely N-dealkylation sites (tertiary alicyclic amines) is 1. The summed E-state index contributed by atoms with van der Waals surface area (Å²) in [6.45, 7) is 2.04. The summed E-state index contributed by atoms with van der Waals surface area (Å²) < 4.78 is 26.5. The van der Waals surface area contributed by atoms with Crippen molar-refractivity contribution in [2.75, 3.05) is 13.1 Å². The summed E-state index contributed by atoms with van der Waals surface area (Å²) in [6, 6.07) is 3.65. The highest BCUT2D eigenvalue weighted by atomic mass is 19.1. The molecule has 1 fully saturated rings. The van der Waals surface area contributed by atoms with E-state index < -0.39 is 17.6 Å². The molecule has 0 saturated carbocycles. The van der Waals surface area contributed by atoms with E-state index in [0.29, 0.717) is 12.1 Å². The Morgan fingerprint density at radius 3 is 2.80 bits per heavy atom. The Morgan fingerprint density at radius 1 is 1.30 bits per heavy atom. The van der Waals surface area contributed by atoms with Crippen LogP contribution < -0.4 is 0 Å². The fourth-order valence-corrected chi connectivity index (χ4v) is 2.72. The molecule has 0 unspecified atom stereocenters. The molecule has 1 aromatic carbocycles. The van der Waals surface area contributed by atoms with Crippen molar-refractivity contribution in [3.63, 3.8) is 0 Å². The quantitative estimate of drug-likeness (QED) is 0.923. The van der Waals surface area contributed by atoms with Crippen molar-refractivity contribution in [3.05, 3.63) is 35.4 Å². The minimum absolute atomic E-state index is 0.204. The predicted octanol–water partition coefficient (Wildman–Crippen LogP) is 3.04. The van der Waals surface area contributed by atoms with E-state index in [1.165, 1.54) is 12.1 Å².